The summed E-state index contributed by atoms with van der Waals surface area (Å²) in [6.07, 6.45) is -0.708. The third-order valence-electron chi connectivity index (χ3n) is 5.19. The van der Waals surface area contributed by atoms with Crippen molar-refractivity contribution in [2.45, 2.75) is 51.6 Å². The van der Waals surface area contributed by atoms with Gasteiger partial charge in [0, 0.05) is 0 Å². The molecule has 5 nitrogen and oxygen atoms in total. The molecule has 0 radical (unpaired) electrons. The average molecular weight is 399 g/mol. The SMILES string of the molecule is COc1cc(C(C#N)O[Si](C)(C)C(C)(C)C)cc(N)c1OCc1ccccc1. The lowest BCUT2D eigenvalue weighted by atomic mass is 10.1. The van der Waals surface area contributed by atoms with Crippen LogP contribution in [-0.2, 0) is 11.0 Å². The molecule has 0 saturated carbocycles. The van der Waals surface area contributed by atoms with E-state index in [4.69, 9.17) is 19.6 Å². The molecule has 6 heteroatoms. The predicted molar refractivity (Wildman–Crippen MR) is 115 cm³/mol. The summed E-state index contributed by atoms with van der Waals surface area (Å²) in [6.45, 7) is 11.0. The molecule has 1 atom stereocenters. The van der Waals surface area contributed by atoms with Gasteiger partial charge in [0.25, 0.3) is 0 Å². The maximum atomic E-state index is 9.72. The van der Waals surface area contributed by atoms with E-state index in [1.165, 1.54) is 0 Å². The van der Waals surface area contributed by atoms with E-state index in [0.29, 0.717) is 29.4 Å². The molecule has 0 aliphatic carbocycles. The highest BCUT2D eigenvalue weighted by Crippen LogP contribution is 2.42. The van der Waals surface area contributed by atoms with Crippen molar-refractivity contribution in [2.24, 2.45) is 0 Å². The lowest BCUT2D eigenvalue weighted by Crippen LogP contribution is -2.41. The lowest BCUT2D eigenvalue weighted by molar-refractivity contribution is 0.234. The number of benzene rings is 2. The predicted octanol–water partition coefficient (Wildman–Crippen LogP) is 5.44. The van der Waals surface area contributed by atoms with E-state index in [1.54, 1.807) is 19.2 Å². The van der Waals surface area contributed by atoms with E-state index < -0.39 is 14.4 Å². The molecule has 150 valence electrons. The Morgan fingerprint density at radius 2 is 1.79 bits per heavy atom. The highest BCUT2D eigenvalue weighted by atomic mass is 28.4. The van der Waals surface area contributed by atoms with Crippen molar-refractivity contribution in [2.75, 3.05) is 12.8 Å². The number of nitrogen functional groups attached to an aromatic ring is 1. The molecule has 2 aromatic rings. The number of hydrogen-bond acceptors (Lipinski definition) is 5. The lowest BCUT2D eigenvalue weighted by Gasteiger charge is -2.37. The average Bonchev–Trinajstić information content (AvgIpc) is 2.64. The number of nitriles is 1. The summed E-state index contributed by atoms with van der Waals surface area (Å²) in [5.41, 5.74) is 8.37. The topological polar surface area (TPSA) is 77.5 Å². The molecule has 0 spiro atoms. The van der Waals surface area contributed by atoms with E-state index in [1.807, 2.05) is 30.3 Å². The Labute approximate surface area is 169 Å². The van der Waals surface area contributed by atoms with Gasteiger partial charge < -0.3 is 19.6 Å². The van der Waals surface area contributed by atoms with E-state index in [0.717, 1.165) is 5.56 Å². The number of nitrogens with zero attached hydrogens (tertiary/aromatic N) is 1. The van der Waals surface area contributed by atoms with Crippen molar-refractivity contribution in [3.63, 3.8) is 0 Å². The van der Waals surface area contributed by atoms with E-state index in [2.05, 4.69) is 39.9 Å². The van der Waals surface area contributed by atoms with Crippen LogP contribution in [0.4, 0.5) is 5.69 Å². The highest BCUT2D eigenvalue weighted by Gasteiger charge is 2.39. The molecule has 1 unspecified atom stereocenters. The zero-order chi connectivity index (χ0) is 20.9. The first kappa shape index (κ1) is 21.8. The minimum Gasteiger partial charge on any atom is -0.493 e. The zero-order valence-electron chi connectivity index (χ0n) is 17.6. The zero-order valence-corrected chi connectivity index (χ0v) is 18.6. The van der Waals surface area contributed by atoms with Crippen molar-refractivity contribution >= 4 is 14.0 Å². The normalized spacial score (nSPS) is 12.9. The van der Waals surface area contributed by atoms with Crippen molar-refractivity contribution in [3.05, 3.63) is 53.6 Å². The van der Waals surface area contributed by atoms with Crippen LogP contribution >= 0.6 is 0 Å². The molecule has 0 aromatic heterocycles. The number of nitrogens with two attached hydrogens (primary N) is 1. The minimum atomic E-state index is -2.12. The van der Waals surface area contributed by atoms with Crippen molar-refractivity contribution < 1.29 is 13.9 Å². The molecular weight excluding hydrogens is 368 g/mol. The van der Waals surface area contributed by atoms with Crippen LogP contribution < -0.4 is 15.2 Å². The van der Waals surface area contributed by atoms with Gasteiger partial charge in [-0.1, -0.05) is 51.1 Å². The Kier molecular flexibility index (Phi) is 6.76. The van der Waals surface area contributed by atoms with Crippen molar-refractivity contribution in [3.8, 4) is 17.6 Å². The van der Waals surface area contributed by atoms with Gasteiger partial charge >= 0.3 is 0 Å². The molecule has 0 fully saturated rings. The second-order valence-corrected chi connectivity index (χ2v) is 13.1. The van der Waals surface area contributed by atoms with Crippen LogP contribution in [0.15, 0.2) is 42.5 Å². The Morgan fingerprint density at radius 3 is 2.32 bits per heavy atom. The molecule has 2 aromatic carbocycles. The number of hydrogen-bond donors (Lipinski definition) is 1. The van der Waals surface area contributed by atoms with Gasteiger partial charge in [0.1, 0.15) is 6.61 Å². The van der Waals surface area contributed by atoms with Crippen LogP contribution in [0, 0.1) is 11.3 Å². The van der Waals surface area contributed by atoms with Crippen LogP contribution in [0.1, 0.15) is 38.0 Å². The third-order valence-corrected chi connectivity index (χ3v) is 9.63. The fourth-order valence-corrected chi connectivity index (χ4v) is 3.61. The number of rotatable bonds is 7. The summed E-state index contributed by atoms with van der Waals surface area (Å²) >= 11 is 0. The first-order valence-corrected chi connectivity index (χ1v) is 12.2. The Balaban J connectivity index is 2.29. The smallest absolute Gasteiger partial charge is 0.194 e. The van der Waals surface area contributed by atoms with Gasteiger partial charge in [-0.3, -0.25) is 0 Å². The van der Waals surface area contributed by atoms with E-state index in [-0.39, 0.29) is 5.04 Å². The van der Waals surface area contributed by atoms with Gasteiger partial charge in [0.2, 0.25) is 0 Å². The summed E-state index contributed by atoms with van der Waals surface area (Å²) in [5.74, 6) is 0.962. The van der Waals surface area contributed by atoms with Crippen molar-refractivity contribution in [1.82, 2.24) is 0 Å². The molecule has 2 N–H and O–H groups in total. The van der Waals surface area contributed by atoms with Gasteiger partial charge in [0.05, 0.1) is 18.9 Å². The van der Waals surface area contributed by atoms with Crippen LogP contribution in [0.25, 0.3) is 0 Å². The molecule has 0 aliphatic rings. The van der Waals surface area contributed by atoms with Gasteiger partial charge in [-0.2, -0.15) is 5.26 Å². The second-order valence-electron chi connectivity index (χ2n) is 8.30. The van der Waals surface area contributed by atoms with Gasteiger partial charge in [0.15, 0.2) is 25.9 Å². The van der Waals surface area contributed by atoms with Crippen LogP contribution in [0.3, 0.4) is 0 Å². The number of anilines is 1. The maximum Gasteiger partial charge on any atom is 0.194 e. The van der Waals surface area contributed by atoms with E-state index >= 15 is 0 Å². The minimum absolute atomic E-state index is 0.00351. The molecule has 0 bridgehead atoms. The first-order valence-electron chi connectivity index (χ1n) is 9.30. The Morgan fingerprint density at radius 1 is 1.14 bits per heavy atom. The van der Waals surface area contributed by atoms with Gasteiger partial charge in [-0.15, -0.1) is 0 Å². The standard InChI is InChI=1S/C22H30N2O3Si/c1-22(2,3)28(5,6)27-20(14-23)17-12-18(24)21(19(13-17)25-4)26-15-16-10-8-7-9-11-16/h7-13,20H,15,24H2,1-6H3. The molecule has 0 saturated heterocycles. The molecule has 0 aliphatic heterocycles. The largest absolute Gasteiger partial charge is 0.493 e. The summed E-state index contributed by atoms with van der Waals surface area (Å²) in [5, 5.41) is 9.72. The van der Waals surface area contributed by atoms with Gasteiger partial charge in [-0.05, 0) is 41.4 Å². The summed E-state index contributed by atoms with van der Waals surface area (Å²) in [6, 6.07) is 15.6. The van der Waals surface area contributed by atoms with Crippen LogP contribution in [0.2, 0.25) is 18.1 Å². The number of ether oxygens (including phenoxy) is 2. The fraction of sp³-hybridized carbons (Fsp3) is 0.409. The summed E-state index contributed by atoms with van der Waals surface area (Å²) in [4.78, 5) is 0. The maximum absolute atomic E-state index is 9.72. The van der Waals surface area contributed by atoms with Crippen molar-refractivity contribution in [1.29, 1.82) is 5.26 Å². The Hall–Kier alpha value is -2.49. The molecule has 2 rings (SSSR count). The monoisotopic (exact) mass is 398 g/mol. The molecule has 0 amide bonds. The van der Waals surface area contributed by atoms with Crippen LogP contribution in [0.5, 0.6) is 11.5 Å². The molecule has 28 heavy (non-hydrogen) atoms. The highest BCUT2D eigenvalue weighted by molar-refractivity contribution is 6.74. The third kappa shape index (κ3) is 5.06. The first-order chi connectivity index (χ1) is 13.1. The fourth-order valence-electron chi connectivity index (χ4n) is 2.47. The quantitative estimate of drug-likeness (QED) is 0.496. The Bertz CT molecular complexity index is 839. The summed E-state index contributed by atoms with van der Waals surface area (Å²) in [7, 11) is -0.565. The van der Waals surface area contributed by atoms with E-state index in [9.17, 15) is 5.26 Å². The molecule has 0 heterocycles. The van der Waals surface area contributed by atoms with Gasteiger partial charge in [-0.25, -0.2) is 0 Å². The number of methoxy groups -OCH3 is 1. The second kappa shape index (κ2) is 8.68. The molecular formula is C22H30N2O3Si. The van der Waals surface area contributed by atoms with Crippen LogP contribution in [-0.4, -0.2) is 15.4 Å². The summed E-state index contributed by atoms with van der Waals surface area (Å²) < 4.78 is 17.7.